The molecular formula is C10H10O2. The van der Waals surface area contributed by atoms with Crippen LogP contribution in [0.3, 0.4) is 0 Å². The highest BCUT2D eigenvalue weighted by atomic mass is 16.3. The average Bonchev–Trinajstić information content (AvgIpc) is 2.49. The van der Waals surface area contributed by atoms with Gasteiger partial charge in [-0.2, -0.15) is 0 Å². The van der Waals surface area contributed by atoms with Gasteiger partial charge < -0.3 is 9.52 Å². The largest absolute Gasteiger partial charge is 0.507 e. The second-order valence-corrected chi connectivity index (χ2v) is 2.76. The Morgan fingerprint density at radius 1 is 1.42 bits per heavy atom. The van der Waals surface area contributed by atoms with Crippen molar-refractivity contribution < 1.29 is 9.52 Å². The zero-order chi connectivity index (χ0) is 8.55. The SMILES string of the molecule is CCc1coc2cccc(O)c12. The Balaban J connectivity index is 2.83. The van der Waals surface area contributed by atoms with Crippen LogP contribution in [0.25, 0.3) is 11.0 Å². The molecule has 62 valence electrons. The van der Waals surface area contributed by atoms with Crippen LogP contribution < -0.4 is 0 Å². The summed E-state index contributed by atoms with van der Waals surface area (Å²) in [6.45, 7) is 2.04. The predicted octanol–water partition coefficient (Wildman–Crippen LogP) is 2.70. The van der Waals surface area contributed by atoms with E-state index in [1.54, 1.807) is 18.4 Å². The van der Waals surface area contributed by atoms with Crippen LogP contribution in [0.5, 0.6) is 5.75 Å². The molecule has 1 aromatic carbocycles. The number of fused-ring (bicyclic) bond motifs is 1. The molecular weight excluding hydrogens is 152 g/mol. The monoisotopic (exact) mass is 162 g/mol. The molecule has 0 fully saturated rings. The van der Waals surface area contributed by atoms with Crippen LogP contribution in [0.2, 0.25) is 0 Å². The van der Waals surface area contributed by atoms with Crippen molar-refractivity contribution in [2.24, 2.45) is 0 Å². The molecule has 0 radical (unpaired) electrons. The van der Waals surface area contributed by atoms with Gasteiger partial charge in [-0.15, -0.1) is 0 Å². The molecule has 1 aromatic heterocycles. The summed E-state index contributed by atoms with van der Waals surface area (Å²) in [6, 6.07) is 5.31. The van der Waals surface area contributed by atoms with E-state index in [0.717, 1.165) is 23.0 Å². The first-order valence-electron chi connectivity index (χ1n) is 4.01. The van der Waals surface area contributed by atoms with Crippen LogP contribution in [0, 0.1) is 0 Å². The molecule has 12 heavy (non-hydrogen) atoms. The van der Waals surface area contributed by atoms with Crippen molar-refractivity contribution in [3.63, 3.8) is 0 Å². The maximum Gasteiger partial charge on any atom is 0.137 e. The van der Waals surface area contributed by atoms with Gasteiger partial charge in [0.15, 0.2) is 0 Å². The number of furan rings is 1. The number of benzene rings is 1. The van der Waals surface area contributed by atoms with Crippen molar-refractivity contribution in [3.05, 3.63) is 30.0 Å². The molecule has 2 nitrogen and oxygen atoms in total. The second-order valence-electron chi connectivity index (χ2n) is 2.76. The molecule has 0 saturated carbocycles. The minimum atomic E-state index is 0.304. The molecule has 1 N–H and O–H groups in total. The third kappa shape index (κ3) is 0.881. The van der Waals surface area contributed by atoms with Crippen molar-refractivity contribution in [1.29, 1.82) is 0 Å². The molecule has 0 aliphatic rings. The van der Waals surface area contributed by atoms with Gasteiger partial charge in [0, 0.05) is 5.56 Å². The first-order valence-corrected chi connectivity index (χ1v) is 4.01. The van der Waals surface area contributed by atoms with Crippen LogP contribution in [0.1, 0.15) is 12.5 Å². The van der Waals surface area contributed by atoms with E-state index >= 15 is 0 Å². The summed E-state index contributed by atoms with van der Waals surface area (Å²) in [5.74, 6) is 0.304. The number of hydrogen-bond donors (Lipinski definition) is 1. The summed E-state index contributed by atoms with van der Waals surface area (Å²) in [7, 11) is 0. The molecule has 0 saturated heterocycles. The van der Waals surface area contributed by atoms with Crippen molar-refractivity contribution in [2.45, 2.75) is 13.3 Å². The Morgan fingerprint density at radius 3 is 3.00 bits per heavy atom. The molecule has 0 aliphatic carbocycles. The van der Waals surface area contributed by atoms with Gasteiger partial charge in [0.25, 0.3) is 0 Å². The van der Waals surface area contributed by atoms with Crippen molar-refractivity contribution in [1.82, 2.24) is 0 Å². The predicted molar refractivity (Wildman–Crippen MR) is 47.3 cm³/mol. The van der Waals surface area contributed by atoms with E-state index in [2.05, 4.69) is 0 Å². The highest BCUT2D eigenvalue weighted by Gasteiger charge is 2.06. The van der Waals surface area contributed by atoms with Crippen LogP contribution in [-0.4, -0.2) is 5.11 Å². The maximum absolute atomic E-state index is 9.51. The minimum absolute atomic E-state index is 0.304. The third-order valence-electron chi connectivity index (χ3n) is 2.03. The zero-order valence-corrected chi connectivity index (χ0v) is 6.87. The average molecular weight is 162 g/mol. The summed E-state index contributed by atoms with van der Waals surface area (Å²) in [5.41, 5.74) is 1.81. The Labute approximate surface area is 70.4 Å². The summed E-state index contributed by atoms with van der Waals surface area (Å²) in [6.07, 6.45) is 2.58. The van der Waals surface area contributed by atoms with Gasteiger partial charge in [-0.1, -0.05) is 13.0 Å². The molecule has 0 bridgehead atoms. The lowest BCUT2D eigenvalue weighted by molar-refractivity contribution is 0.481. The third-order valence-corrected chi connectivity index (χ3v) is 2.03. The van der Waals surface area contributed by atoms with E-state index in [1.807, 2.05) is 13.0 Å². The number of phenolic OH excluding ortho intramolecular Hbond substituents is 1. The Hall–Kier alpha value is -1.44. The van der Waals surface area contributed by atoms with Crippen molar-refractivity contribution in [3.8, 4) is 5.75 Å². The number of rotatable bonds is 1. The van der Waals surface area contributed by atoms with Gasteiger partial charge in [-0.3, -0.25) is 0 Å². The van der Waals surface area contributed by atoms with Gasteiger partial charge in [0.1, 0.15) is 11.3 Å². The summed E-state index contributed by atoms with van der Waals surface area (Å²) in [4.78, 5) is 0. The van der Waals surface area contributed by atoms with Crippen molar-refractivity contribution >= 4 is 11.0 Å². The summed E-state index contributed by atoms with van der Waals surface area (Å²) >= 11 is 0. The van der Waals surface area contributed by atoms with Gasteiger partial charge in [0.05, 0.1) is 11.6 Å². The van der Waals surface area contributed by atoms with E-state index in [-0.39, 0.29) is 0 Å². The zero-order valence-electron chi connectivity index (χ0n) is 6.87. The van der Waals surface area contributed by atoms with Crippen molar-refractivity contribution in [2.75, 3.05) is 0 Å². The fraction of sp³-hybridized carbons (Fsp3) is 0.200. The molecule has 0 spiro atoms. The fourth-order valence-corrected chi connectivity index (χ4v) is 1.39. The van der Waals surface area contributed by atoms with Crippen LogP contribution in [0.4, 0.5) is 0 Å². The summed E-state index contributed by atoms with van der Waals surface area (Å²) in [5, 5.41) is 10.4. The number of phenols is 1. The maximum atomic E-state index is 9.51. The summed E-state index contributed by atoms with van der Waals surface area (Å²) < 4.78 is 5.26. The van der Waals surface area contributed by atoms with Gasteiger partial charge in [-0.25, -0.2) is 0 Å². The molecule has 1 heterocycles. The lowest BCUT2D eigenvalue weighted by Gasteiger charge is -1.94. The number of aryl methyl sites for hydroxylation is 1. The van der Waals surface area contributed by atoms with Gasteiger partial charge >= 0.3 is 0 Å². The van der Waals surface area contributed by atoms with Crippen LogP contribution >= 0.6 is 0 Å². The first-order chi connectivity index (χ1) is 5.83. The topological polar surface area (TPSA) is 33.4 Å². The first kappa shape index (κ1) is 7.22. The smallest absolute Gasteiger partial charge is 0.137 e. The normalized spacial score (nSPS) is 10.8. The molecule has 2 heteroatoms. The Bertz CT molecular complexity index is 401. The minimum Gasteiger partial charge on any atom is -0.507 e. The van der Waals surface area contributed by atoms with Gasteiger partial charge in [-0.05, 0) is 18.6 Å². The van der Waals surface area contributed by atoms with Crippen LogP contribution in [0.15, 0.2) is 28.9 Å². The number of aromatic hydroxyl groups is 1. The lowest BCUT2D eigenvalue weighted by Crippen LogP contribution is -1.75. The molecule has 2 aromatic rings. The van der Waals surface area contributed by atoms with E-state index < -0.39 is 0 Å². The highest BCUT2D eigenvalue weighted by molar-refractivity contribution is 5.87. The fourth-order valence-electron chi connectivity index (χ4n) is 1.39. The quantitative estimate of drug-likeness (QED) is 0.699. The highest BCUT2D eigenvalue weighted by Crippen LogP contribution is 2.29. The number of hydrogen-bond acceptors (Lipinski definition) is 2. The molecule has 0 aliphatic heterocycles. The van der Waals surface area contributed by atoms with E-state index in [0.29, 0.717) is 5.75 Å². The molecule has 0 atom stereocenters. The standard InChI is InChI=1S/C10H10O2/c1-2-7-6-12-9-5-3-4-8(11)10(7)9/h3-6,11H,2H2,1H3. The second kappa shape index (κ2) is 2.55. The Morgan fingerprint density at radius 2 is 2.25 bits per heavy atom. The van der Waals surface area contributed by atoms with Gasteiger partial charge in [0.2, 0.25) is 0 Å². The van der Waals surface area contributed by atoms with E-state index in [4.69, 9.17) is 4.42 Å². The van der Waals surface area contributed by atoms with E-state index in [1.165, 1.54) is 0 Å². The molecule has 2 rings (SSSR count). The molecule has 0 unspecified atom stereocenters. The van der Waals surface area contributed by atoms with Crippen LogP contribution in [-0.2, 0) is 6.42 Å². The lowest BCUT2D eigenvalue weighted by atomic mass is 10.1. The Kier molecular flexibility index (Phi) is 1.54. The molecule has 0 amide bonds. The van der Waals surface area contributed by atoms with E-state index in [9.17, 15) is 5.11 Å².